The van der Waals surface area contributed by atoms with Crippen LogP contribution in [0.25, 0.3) is 5.69 Å². The molecule has 1 saturated heterocycles. The van der Waals surface area contributed by atoms with Gasteiger partial charge in [-0.3, -0.25) is 19.0 Å². The van der Waals surface area contributed by atoms with Crippen LogP contribution in [0.1, 0.15) is 16.8 Å². The van der Waals surface area contributed by atoms with Gasteiger partial charge >= 0.3 is 6.03 Å². The lowest BCUT2D eigenvalue weighted by molar-refractivity contribution is -0.122. The van der Waals surface area contributed by atoms with Crippen LogP contribution in [0, 0.1) is 6.42 Å². The number of urea groups is 1. The second kappa shape index (κ2) is 8.81. The number of benzene rings is 1. The Labute approximate surface area is 174 Å². The number of pyridine rings is 1. The second-order valence-electron chi connectivity index (χ2n) is 7.23. The van der Waals surface area contributed by atoms with E-state index in [4.69, 9.17) is 5.73 Å². The number of nitrogens with one attached hydrogen (secondary N) is 1. The van der Waals surface area contributed by atoms with Crippen molar-refractivity contribution < 1.29 is 14.4 Å². The largest absolute Gasteiger partial charge is 0.368 e. The molecule has 1 fully saturated rings. The Kier molecular flexibility index (Phi) is 6.20. The Morgan fingerprint density at radius 3 is 2.40 bits per heavy atom. The maximum atomic E-state index is 12.6. The molecule has 9 heteroatoms. The van der Waals surface area contributed by atoms with Crippen LogP contribution in [0.3, 0.4) is 0 Å². The van der Waals surface area contributed by atoms with E-state index in [2.05, 4.69) is 5.32 Å². The zero-order chi connectivity index (χ0) is 21.8. The smallest absolute Gasteiger partial charge is 0.320 e. The van der Waals surface area contributed by atoms with Gasteiger partial charge in [0, 0.05) is 56.6 Å². The van der Waals surface area contributed by atoms with E-state index in [1.165, 1.54) is 20.4 Å². The van der Waals surface area contributed by atoms with Crippen molar-refractivity contribution in [2.45, 2.75) is 18.5 Å². The molecule has 0 saturated carbocycles. The minimum Gasteiger partial charge on any atom is -0.368 e. The van der Waals surface area contributed by atoms with Gasteiger partial charge < -0.3 is 20.9 Å². The van der Waals surface area contributed by atoms with Gasteiger partial charge in [0.2, 0.25) is 5.91 Å². The third kappa shape index (κ3) is 4.51. The molecule has 1 aliphatic heterocycles. The number of nitrogens with zero attached hydrogens (tertiary/aromatic N) is 3. The summed E-state index contributed by atoms with van der Waals surface area (Å²) in [5, 5.41) is 2.86. The fraction of sp³-hybridized carbons (Fsp3) is 0.286. The molecule has 2 atom stereocenters. The Hall–Kier alpha value is -3.62. The van der Waals surface area contributed by atoms with Gasteiger partial charge in [0.05, 0.1) is 0 Å². The third-order valence-electron chi connectivity index (χ3n) is 4.90. The van der Waals surface area contributed by atoms with Crippen molar-refractivity contribution in [2.75, 3.05) is 20.6 Å². The summed E-state index contributed by atoms with van der Waals surface area (Å²) in [7, 11) is 3.20. The summed E-state index contributed by atoms with van der Waals surface area (Å²) in [6.07, 6.45) is 3.70. The van der Waals surface area contributed by atoms with E-state index in [9.17, 15) is 19.2 Å². The maximum absolute atomic E-state index is 12.6. The summed E-state index contributed by atoms with van der Waals surface area (Å²) in [6.45, 7) is 0.294. The molecule has 2 aromatic rings. The highest BCUT2D eigenvalue weighted by molar-refractivity contribution is 5.95. The molecular formula is C21H24N5O4. The molecule has 1 aliphatic rings. The van der Waals surface area contributed by atoms with Gasteiger partial charge in [0.25, 0.3) is 11.5 Å². The highest BCUT2D eigenvalue weighted by atomic mass is 16.2. The van der Waals surface area contributed by atoms with E-state index in [0.29, 0.717) is 24.2 Å². The van der Waals surface area contributed by atoms with Crippen molar-refractivity contribution in [3.8, 4) is 5.69 Å². The number of carbonyl (C=O) groups excluding carboxylic acids is 3. The minimum atomic E-state index is -0.897. The van der Waals surface area contributed by atoms with E-state index in [-0.39, 0.29) is 17.5 Å². The van der Waals surface area contributed by atoms with Gasteiger partial charge in [-0.2, -0.15) is 0 Å². The van der Waals surface area contributed by atoms with Crippen LogP contribution in [-0.4, -0.2) is 64.9 Å². The fourth-order valence-electron chi connectivity index (χ4n) is 3.34. The van der Waals surface area contributed by atoms with Crippen molar-refractivity contribution in [3.05, 3.63) is 71.0 Å². The average molecular weight is 410 g/mol. The molecule has 157 valence electrons. The van der Waals surface area contributed by atoms with Crippen LogP contribution in [0.5, 0.6) is 0 Å². The van der Waals surface area contributed by atoms with Gasteiger partial charge in [-0.15, -0.1) is 0 Å². The molecule has 0 aliphatic carbocycles. The van der Waals surface area contributed by atoms with Gasteiger partial charge in [0.1, 0.15) is 6.04 Å². The van der Waals surface area contributed by atoms with Crippen LogP contribution in [0.2, 0.25) is 0 Å². The predicted molar refractivity (Wildman–Crippen MR) is 111 cm³/mol. The number of rotatable bonds is 4. The monoisotopic (exact) mass is 410 g/mol. The van der Waals surface area contributed by atoms with Gasteiger partial charge in [0.15, 0.2) is 0 Å². The van der Waals surface area contributed by atoms with Crippen molar-refractivity contribution in [1.29, 1.82) is 0 Å². The molecule has 30 heavy (non-hydrogen) atoms. The van der Waals surface area contributed by atoms with E-state index < -0.39 is 18.0 Å². The Balaban J connectivity index is 1.67. The first kappa shape index (κ1) is 21.1. The van der Waals surface area contributed by atoms with E-state index in [0.717, 1.165) is 0 Å². The third-order valence-corrected chi connectivity index (χ3v) is 4.90. The summed E-state index contributed by atoms with van der Waals surface area (Å²) in [6, 6.07) is 9.87. The molecule has 2 heterocycles. The number of likely N-dealkylation sites (tertiary alicyclic amines) is 1. The molecule has 0 spiro atoms. The van der Waals surface area contributed by atoms with Gasteiger partial charge in [-0.1, -0.05) is 6.07 Å². The lowest BCUT2D eigenvalue weighted by Gasteiger charge is -2.38. The average Bonchev–Trinajstić information content (AvgIpc) is 2.73. The SMILES string of the molecule is CN(C)C(=O)N1CCC(NC(=O)c2ccc(-n3ccccc3=O)cc2)[CH]C1C(N)=O. The van der Waals surface area contributed by atoms with Crippen LogP contribution in [-0.2, 0) is 4.79 Å². The molecule has 3 N–H and O–H groups in total. The lowest BCUT2D eigenvalue weighted by atomic mass is 9.96. The quantitative estimate of drug-likeness (QED) is 0.758. The Morgan fingerprint density at radius 1 is 1.10 bits per heavy atom. The molecule has 1 aromatic carbocycles. The molecule has 9 nitrogen and oxygen atoms in total. The first-order valence-corrected chi connectivity index (χ1v) is 9.49. The zero-order valence-corrected chi connectivity index (χ0v) is 16.8. The molecular weight excluding hydrogens is 386 g/mol. The van der Waals surface area contributed by atoms with Crippen LogP contribution < -0.4 is 16.6 Å². The summed E-state index contributed by atoms with van der Waals surface area (Å²) < 4.78 is 1.48. The summed E-state index contributed by atoms with van der Waals surface area (Å²) >= 11 is 0. The number of hydrogen-bond acceptors (Lipinski definition) is 4. The molecule has 1 aromatic heterocycles. The second-order valence-corrected chi connectivity index (χ2v) is 7.23. The van der Waals surface area contributed by atoms with Crippen LogP contribution >= 0.6 is 0 Å². The lowest BCUT2D eigenvalue weighted by Crippen LogP contribution is -2.58. The summed E-state index contributed by atoms with van der Waals surface area (Å²) in [5.74, 6) is -0.972. The van der Waals surface area contributed by atoms with Crippen molar-refractivity contribution in [1.82, 2.24) is 19.7 Å². The van der Waals surface area contributed by atoms with Gasteiger partial charge in [-0.05, 0) is 36.8 Å². The summed E-state index contributed by atoms with van der Waals surface area (Å²) in [4.78, 5) is 51.4. The Bertz CT molecular complexity index is 999. The maximum Gasteiger partial charge on any atom is 0.320 e. The standard InChI is InChI=1S/C21H24N5O4/c1-24(2)21(30)26-12-10-15(13-17(26)19(22)28)23-20(29)14-6-8-16(9-7-14)25-11-4-3-5-18(25)27/h3-9,11,13,15,17H,10,12H2,1-2H3,(H2,22,28)(H,23,29). The van der Waals surface area contributed by atoms with E-state index in [1.54, 1.807) is 63.1 Å². The normalized spacial score (nSPS) is 18.5. The fourth-order valence-corrected chi connectivity index (χ4v) is 3.34. The van der Waals surface area contributed by atoms with Gasteiger partial charge in [-0.25, -0.2) is 4.79 Å². The molecule has 1 radical (unpaired) electrons. The number of amides is 4. The Morgan fingerprint density at radius 2 is 1.80 bits per heavy atom. The number of aromatic nitrogens is 1. The molecule has 2 unspecified atom stereocenters. The minimum absolute atomic E-state index is 0.166. The summed E-state index contributed by atoms with van der Waals surface area (Å²) in [5.41, 5.74) is 6.36. The highest BCUT2D eigenvalue weighted by Gasteiger charge is 2.36. The number of carbonyl (C=O) groups is 3. The molecule has 0 bridgehead atoms. The van der Waals surface area contributed by atoms with Crippen molar-refractivity contribution in [3.63, 3.8) is 0 Å². The predicted octanol–water partition coefficient (Wildman–Crippen LogP) is 0.381. The number of nitrogens with two attached hydrogens (primary N) is 1. The van der Waals surface area contributed by atoms with Crippen LogP contribution in [0.4, 0.5) is 4.79 Å². The topological polar surface area (TPSA) is 118 Å². The van der Waals surface area contributed by atoms with E-state index in [1.807, 2.05) is 0 Å². The van der Waals surface area contributed by atoms with Crippen LogP contribution in [0.15, 0.2) is 53.5 Å². The van der Waals surface area contributed by atoms with Crippen molar-refractivity contribution >= 4 is 17.8 Å². The van der Waals surface area contributed by atoms with E-state index >= 15 is 0 Å². The highest BCUT2D eigenvalue weighted by Crippen LogP contribution is 2.19. The number of piperidine rings is 1. The first-order chi connectivity index (χ1) is 14.3. The number of primary amides is 1. The molecule has 4 amide bonds. The molecule has 3 rings (SSSR count). The zero-order valence-electron chi connectivity index (χ0n) is 16.8. The number of hydrogen-bond donors (Lipinski definition) is 2. The van der Waals surface area contributed by atoms with Crippen molar-refractivity contribution in [2.24, 2.45) is 5.73 Å². The first-order valence-electron chi connectivity index (χ1n) is 9.49.